The average Bonchev–Trinajstić information content (AvgIpc) is 2.85. The van der Waals surface area contributed by atoms with E-state index in [4.69, 9.17) is 4.74 Å². The first-order valence-electron chi connectivity index (χ1n) is 4.94. The van der Waals surface area contributed by atoms with Gasteiger partial charge in [-0.2, -0.15) is 5.10 Å². The zero-order valence-corrected chi connectivity index (χ0v) is 8.22. The molecule has 0 saturated carbocycles. The van der Waals surface area contributed by atoms with Crippen molar-refractivity contribution in [3.63, 3.8) is 0 Å². The molecule has 0 aromatic carbocycles. The molecule has 1 aliphatic rings. The summed E-state index contributed by atoms with van der Waals surface area (Å²) in [7, 11) is 0. The van der Waals surface area contributed by atoms with Gasteiger partial charge in [-0.1, -0.05) is 0 Å². The first-order valence-corrected chi connectivity index (χ1v) is 4.94. The highest BCUT2D eigenvalue weighted by molar-refractivity contribution is 5.55. The topological polar surface area (TPSA) is 44.1 Å². The number of hydrogen-bond donors (Lipinski definition) is 0. The molecule has 0 amide bonds. The predicted octanol–water partition coefficient (Wildman–Crippen LogP) is 1.18. The predicted molar refractivity (Wildman–Crippen MR) is 50.8 cm³/mol. The summed E-state index contributed by atoms with van der Waals surface area (Å²) in [5, 5.41) is 4.17. The molecule has 1 aliphatic heterocycles. The molecular formula is C10H14N2O2. The number of carbonyl (C=O) groups excluding carboxylic acids is 1. The number of aryl methyl sites for hydroxylation is 1. The van der Waals surface area contributed by atoms with Gasteiger partial charge in [0.25, 0.3) is 0 Å². The van der Waals surface area contributed by atoms with Crippen molar-refractivity contribution in [1.29, 1.82) is 0 Å². The quantitative estimate of drug-likeness (QED) is 0.679. The third-order valence-electron chi connectivity index (χ3n) is 2.62. The summed E-state index contributed by atoms with van der Waals surface area (Å²) in [5.41, 5.74) is 1.02. The number of hydrogen-bond acceptors (Lipinski definition) is 3. The van der Waals surface area contributed by atoms with Gasteiger partial charge < -0.3 is 9.53 Å². The van der Waals surface area contributed by atoms with Crippen LogP contribution in [0.25, 0.3) is 0 Å². The molecular weight excluding hydrogens is 180 g/mol. The van der Waals surface area contributed by atoms with Crippen LogP contribution in [0.2, 0.25) is 0 Å². The van der Waals surface area contributed by atoms with Crippen molar-refractivity contribution in [3.8, 4) is 0 Å². The van der Waals surface area contributed by atoms with Crippen LogP contribution < -0.4 is 0 Å². The van der Waals surface area contributed by atoms with E-state index >= 15 is 0 Å². The van der Waals surface area contributed by atoms with Crippen molar-refractivity contribution in [2.45, 2.75) is 26.0 Å². The minimum Gasteiger partial charge on any atom is -0.373 e. The van der Waals surface area contributed by atoms with E-state index in [1.807, 2.05) is 17.8 Å². The van der Waals surface area contributed by atoms with Gasteiger partial charge in [0.05, 0.1) is 12.3 Å². The Morgan fingerprint density at radius 2 is 2.64 bits per heavy atom. The maximum atomic E-state index is 10.8. The van der Waals surface area contributed by atoms with E-state index < -0.39 is 0 Å². The van der Waals surface area contributed by atoms with Crippen molar-refractivity contribution in [1.82, 2.24) is 9.78 Å². The van der Waals surface area contributed by atoms with E-state index in [2.05, 4.69) is 5.10 Å². The standard InChI is InChI=1S/C10H14N2O2/c1-2-12-6-9(5-11-12)10-8(7-13)3-4-14-10/h5-8,10H,2-4H2,1H3/t8-,10-/m0/s1. The number of nitrogens with zero attached hydrogens (tertiary/aromatic N) is 2. The lowest BCUT2D eigenvalue weighted by Crippen LogP contribution is -2.07. The number of aromatic nitrogens is 2. The molecule has 0 N–H and O–H groups in total. The van der Waals surface area contributed by atoms with Crippen LogP contribution in [0.5, 0.6) is 0 Å². The molecule has 1 aromatic heterocycles. The Morgan fingerprint density at radius 1 is 1.79 bits per heavy atom. The second-order valence-corrected chi connectivity index (χ2v) is 3.51. The van der Waals surface area contributed by atoms with E-state index in [9.17, 15) is 4.79 Å². The Bertz CT molecular complexity index is 322. The van der Waals surface area contributed by atoms with Crippen LogP contribution in [0.3, 0.4) is 0 Å². The molecule has 0 unspecified atom stereocenters. The molecule has 1 saturated heterocycles. The molecule has 4 heteroatoms. The largest absolute Gasteiger partial charge is 0.373 e. The zero-order chi connectivity index (χ0) is 9.97. The van der Waals surface area contributed by atoms with Gasteiger partial charge in [0.1, 0.15) is 6.29 Å². The molecule has 1 fully saturated rings. The highest BCUT2D eigenvalue weighted by Crippen LogP contribution is 2.32. The third-order valence-corrected chi connectivity index (χ3v) is 2.62. The van der Waals surface area contributed by atoms with Crippen molar-refractivity contribution < 1.29 is 9.53 Å². The van der Waals surface area contributed by atoms with E-state index in [1.54, 1.807) is 6.20 Å². The van der Waals surface area contributed by atoms with Crippen LogP contribution in [-0.4, -0.2) is 22.7 Å². The van der Waals surface area contributed by atoms with Crippen LogP contribution in [0, 0.1) is 5.92 Å². The third kappa shape index (κ3) is 1.57. The van der Waals surface area contributed by atoms with E-state index in [0.29, 0.717) is 6.61 Å². The number of aldehydes is 1. The SMILES string of the molecule is CCn1cc([C@H]2OCC[C@H]2C=O)cn1. The van der Waals surface area contributed by atoms with E-state index in [1.165, 1.54) is 0 Å². The normalized spacial score (nSPS) is 26.6. The van der Waals surface area contributed by atoms with E-state index in [-0.39, 0.29) is 12.0 Å². The Balaban J connectivity index is 2.17. The van der Waals surface area contributed by atoms with Crippen LogP contribution in [-0.2, 0) is 16.1 Å². The van der Waals surface area contributed by atoms with Crippen LogP contribution in [0.4, 0.5) is 0 Å². The summed E-state index contributed by atoms with van der Waals surface area (Å²) in [6, 6.07) is 0. The first-order chi connectivity index (χ1) is 6.85. The smallest absolute Gasteiger partial charge is 0.126 e. The van der Waals surface area contributed by atoms with Crippen molar-refractivity contribution >= 4 is 6.29 Å². The summed E-state index contributed by atoms with van der Waals surface area (Å²) >= 11 is 0. The van der Waals surface area contributed by atoms with Crippen LogP contribution in [0.1, 0.15) is 25.0 Å². The Kier molecular flexibility index (Phi) is 2.63. The first kappa shape index (κ1) is 9.40. The molecule has 4 nitrogen and oxygen atoms in total. The number of ether oxygens (including phenoxy) is 1. The van der Waals surface area contributed by atoms with Gasteiger partial charge in [0.15, 0.2) is 0 Å². The summed E-state index contributed by atoms with van der Waals surface area (Å²) in [4.78, 5) is 10.8. The molecule has 0 spiro atoms. The molecule has 2 atom stereocenters. The maximum Gasteiger partial charge on any atom is 0.126 e. The molecule has 14 heavy (non-hydrogen) atoms. The molecule has 0 radical (unpaired) electrons. The average molecular weight is 194 g/mol. The van der Waals surface area contributed by atoms with Gasteiger partial charge in [0.2, 0.25) is 0 Å². The van der Waals surface area contributed by atoms with Crippen molar-refractivity contribution in [2.75, 3.05) is 6.61 Å². The molecule has 2 rings (SSSR count). The highest BCUT2D eigenvalue weighted by Gasteiger charge is 2.30. The van der Waals surface area contributed by atoms with Crippen LogP contribution >= 0.6 is 0 Å². The van der Waals surface area contributed by atoms with Gasteiger partial charge in [-0.05, 0) is 13.3 Å². The maximum absolute atomic E-state index is 10.8. The molecule has 1 aromatic rings. The van der Waals surface area contributed by atoms with Gasteiger partial charge in [-0.15, -0.1) is 0 Å². The monoisotopic (exact) mass is 194 g/mol. The fourth-order valence-electron chi connectivity index (χ4n) is 1.79. The summed E-state index contributed by atoms with van der Waals surface area (Å²) in [6.45, 7) is 3.55. The van der Waals surface area contributed by atoms with Crippen molar-refractivity contribution in [3.05, 3.63) is 18.0 Å². The highest BCUT2D eigenvalue weighted by atomic mass is 16.5. The number of rotatable bonds is 3. The van der Waals surface area contributed by atoms with Crippen molar-refractivity contribution in [2.24, 2.45) is 5.92 Å². The minimum atomic E-state index is -0.0761. The molecule has 2 heterocycles. The van der Waals surface area contributed by atoms with Crippen LogP contribution in [0.15, 0.2) is 12.4 Å². The van der Waals surface area contributed by atoms with Gasteiger partial charge in [0, 0.05) is 30.8 Å². The second-order valence-electron chi connectivity index (χ2n) is 3.51. The lowest BCUT2D eigenvalue weighted by Gasteiger charge is -2.10. The molecule has 0 bridgehead atoms. The zero-order valence-electron chi connectivity index (χ0n) is 8.22. The molecule has 76 valence electrons. The second kappa shape index (κ2) is 3.92. The Morgan fingerprint density at radius 3 is 3.29 bits per heavy atom. The number of carbonyl (C=O) groups is 1. The fourth-order valence-corrected chi connectivity index (χ4v) is 1.79. The summed E-state index contributed by atoms with van der Waals surface area (Å²) in [5.74, 6) is 0.00417. The summed E-state index contributed by atoms with van der Waals surface area (Å²) < 4.78 is 7.36. The fraction of sp³-hybridized carbons (Fsp3) is 0.600. The lowest BCUT2D eigenvalue weighted by molar-refractivity contribution is -0.112. The van der Waals surface area contributed by atoms with E-state index in [0.717, 1.165) is 24.8 Å². The minimum absolute atomic E-state index is 0.00417. The Labute approximate surface area is 82.9 Å². The van der Waals surface area contributed by atoms with Gasteiger partial charge >= 0.3 is 0 Å². The Hall–Kier alpha value is -1.16. The van der Waals surface area contributed by atoms with Gasteiger partial charge in [-0.25, -0.2) is 0 Å². The lowest BCUT2D eigenvalue weighted by atomic mass is 9.99. The summed E-state index contributed by atoms with van der Waals surface area (Å²) in [6.07, 6.45) is 5.47. The van der Waals surface area contributed by atoms with Gasteiger partial charge in [-0.3, -0.25) is 4.68 Å². The molecule has 0 aliphatic carbocycles.